The molecule has 0 radical (unpaired) electrons. The molecule has 10 heteroatoms. The van der Waals surface area contributed by atoms with E-state index in [1.807, 2.05) is 24.3 Å². The highest BCUT2D eigenvalue weighted by atomic mass is 79.9. The molecule has 0 fully saturated rings. The zero-order valence-corrected chi connectivity index (χ0v) is 24.8. The standard InChI is InChI=1S/C32H26BrN3O5S/c1-20-10-13-23(32(40)41)17-27(20)35-29(37)19-42-26-9-5-8-25(18-26)34-31(39)28(16-21-11-14-24(33)15-12-21)36-30(38)22-6-3-2-4-7-22/h2-18H,19H2,1H3,(H,34,39)(H,35,37)(H,36,38)(H,40,41)/b28-16+. The van der Waals surface area contributed by atoms with Gasteiger partial charge in [-0.05, 0) is 78.7 Å². The van der Waals surface area contributed by atoms with Crippen LogP contribution in [0.3, 0.4) is 0 Å². The lowest BCUT2D eigenvalue weighted by Crippen LogP contribution is -2.30. The highest BCUT2D eigenvalue weighted by Crippen LogP contribution is 2.24. The molecule has 0 aliphatic heterocycles. The number of hydrogen-bond acceptors (Lipinski definition) is 5. The highest BCUT2D eigenvalue weighted by Gasteiger charge is 2.16. The van der Waals surface area contributed by atoms with E-state index in [-0.39, 0.29) is 22.9 Å². The number of aromatic carboxylic acids is 1. The van der Waals surface area contributed by atoms with Gasteiger partial charge in [0.25, 0.3) is 11.8 Å². The van der Waals surface area contributed by atoms with Crippen molar-refractivity contribution in [1.29, 1.82) is 0 Å². The first kappa shape index (κ1) is 30.3. The number of amides is 3. The lowest BCUT2D eigenvalue weighted by Gasteiger charge is -2.12. The first-order valence-electron chi connectivity index (χ1n) is 12.7. The molecule has 0 bridgehead atoms. The molecule has 8 nitrogen and oxygen atoms in total. The fraction of sp³-hybridized carbons (Fsp3) is 0.0625. The van der Waals surface area contributed by atoms with E-state index in [9.17, 15) is 24.3 Å². The van der Waals surface area contributed by atoms with Crippen LogP contribution in [-0.4, -0.2) is 34.6 Å². The summed E-state index contributed by atoms with van der Waals surface area (Å²) in [6.07, 6.45) is 1.59. The van der Waals surface area contributed by atoms with Gasteiger partial charge in [-0.3, -0.25) is 14.4 Å². The van der Waals surface area contributed by atoms with Crippen LogP contribution in [0.15, 0.2) is 112 Å². The van der Waals surface area contributed by atoms with Crippen LogP contribution in [0, 0.1) is 6.92 Å². The minimum atomic E-state index is -1.08. The van der Waals surface area contributed by atoms with Gasteiger partial charge in [-0.25, -0.2) is 4.79 Å². The van der Waals surface area contributed by atoms with Gasteiger partial charge >= 0.3 is 5.97 Å². The van der Waals surface area contributed by atoms with E-state index in [2.05, 4.69) is 31.9 Å². The summed E-state index contributed by atoms with van der Waals surface area (Å²) in [5.74, 6) is -2.25. The molecular weight excluding hydrogens is 618 g/mol. The van der Waals surface area contributed by atoms with Gasteiger partial charge in [-0.15, -0.1) is 11.8 Å². The van der Waals surface area contributed by atoms with Crippen molar-refractivity contribution in [3.05, 3.63) is 129 Å². The van der Waals surface area contributed by atoms with E-state index in [1.54, 1.807) is 73.7 Å². The third kappa shape index (κ3) is 8.66. The number of carbonyl (C=O) groups is 4. The number of carbonyl (C=O) groups excluding carboxylic acids is 3. The van der Waals surface area contributed by atoms with Crippen LogP contribution in [0.4, 0.5) is 11.4 Å². The molecule has 0 atom stereocenters. The number of anilines is 2. The van der Waals surface area contributed by atoms with Gasteiger partial charge in [-0.1, -0.05) is 58.4 Å². The van der Waals surface area contributed by atoms with Crippen molar-refractivity contribution in [2.45, 2.75) is 11.8 Å². The fourth-order valence-electron chi connectivity index (χ4n) is 3.76. The molecule has 3 amide bonds. The fourth-order valence-corrected chi connectivity index (χ4v) is 4.77. The lowest BCUT2D eigenvalue weighted by atomic mass is 10.1. The molecule has 0 aromatic heterocycles. The Hall–Kier alpha value is -4.67. The van der Waals surface area contributed by atoms with Crippen LogP contribution in [0.2, 0.25) is 0 Å². The van der Waals surface area contributed by atoms with Crippen LogP contribution in [0.25, 0.3) is 6.08 Å². The van der Waals surface area contributed by atoms with E-state index in [1.165, 1.54) is 23.9 Å². The Labute approximate surface area is 255 Å². The number of thioether (sulfide) groups is 1. The Balaban J connectivity index is 1.44. The number of carboxylic acid groups (broad SMARTS) is 1. The third-order valence-corrected chi connectivity index (χ3v) is 7.45. The normalized spacial score (nSPS) is 11.0. The van der Waals surface area contributed by atoms with Gasteiger partial charge in [0.2, 0.25) is 5.91 Å². The molecule has 0 heterocycles. The van der Waals surface area contributed by atoms with E-state index in [0.717, 1.165) is 20.5 Å². The highest BCUT2D eigenvalue weighted by molar-refractivity contribution is 9.10. The van der Waals surface area contributed by atoms with E-state index in [4.69, 9.17) is 0 Å². The van der Waals surface area contributed by atoms with Crippen LogP contribution < -0.4 is 16.0 Å². The summed E-state index contributed by atoms with van der Waals surface area (Å²) in [5.41, 5.74) is 2.93. The Morgan fingerprint density at radius 2 is 1.57 bits per heavy atom. The van der Waals surface area contributed by atoms with Crippen molar-refractivity contribution in [3.63, 3.8) is 0 Å². The van der Waals surface area contributed by atoms with Crippen molar-refractivity contribution in [1.82, 2.24) is 5.32 Å². The lowest BCUT2D eigenvalue weighted by molar-refractivity contribution is -0.114. The van der Waals surface area contributed by atoms with Gasteiger partial charge in [0.15, 0.2) is 0 Å². The molecule has 0 aliphatic rings. The largest absolute Gasteiger partial charge is 0.478 e. The van der Waals surface area contributed by atoms with Gasteiger partial charge in [-0.2, -0.15) is 0 Å². The molecule has 4 aromatic rings. The van der Waals surface area contributed by atoms with Crippen LogP contribution >= 0.6 is 27.7 Å². The Kier molecular flexibility index (Phi) is 10.3. The van der Waals surface area contributed by atoms with Gasteiger partial charge in [0, 0.05) is 26.3 Å². The average molecular weight is 645 g/mol. The van der Waals surface area contributed by atoms with Crippen LogP contribution in [0.1, 0.15) is 31.8 Å². The molecule has 0 saturated heterocycles. The second-order valence-corrected chi connectivity index (χ2v) is 11.0. The number of aryl methyl sites for hydroxylation is 1. The number of rotatable bonds is 10. The van der Waals surface area contributed by atoms with E-state index in [0.29, 0.717) is 16.9 Å². The molecule has 0 aliphatic carbocycles. The molecular formula is C32H26BrN3O5S. The predicted molar refractivity (Wildman–Crippen MR) is 169 cm³/mol. The van der Waals surface area contributed by atoms with E-state index < -0.39 is 17.8 Å². The molecule has 0 saturated carbocycles. The number of benzene rings is 4. The molecule has 0 spiro atoms. The van der Waals surface area contributed by atoms with Crippen molar-refractivity contribution < 1.29 is 24.3 Å². The van der Waals surface area contributed by atoms with Gasteiger partial charge < -0.3 is 21.1 Å². The summed E-state index contributed by atoms with van der Waals surface area (Å²) in [7, 11) is 0. The number of hydrogen-bond donors (Lipinski definition) is 4. The summed E-state index contributed by atoms with van der Waals surface area (Å²) in [5, 5.41) is 17.5. The average Bonchev–Trinajstić information content (AvgIpc) is 2.98. The second-order valence-electron chi connectivity index (χ2n) is 9.08. The zero-order valence-electron chi connectivity index (χ0n) is 22.4. The maximum atomic E-state index is 13.3. The van der Waals surface area contributed by atoms with E-state index >= 15 is 0 Å². The third-order valence-electron chi connectivity index (χ3n) is 5.93. The van der Waals surface area contributed by atoms with Crippen molar-refractivity contribution in [2.24, 2.45) is 0 Å². The summed E-state index contributed by atoms with van der Waals surface area (Å²) < 4.78 is 0.880. The molecule has 4 N–H and O–H groups in total. The van der Waals surface area contributed by atoms with Crippen LogP contribution in [-0.2, 0) is 9.59 Å². The van der Waals surface area contributed by atoms with Crippen molar-refractivity contribution >= 4 is 68.8 Å². The summed E-state index contributed by atoms with van der Waals surface area (Å²) in [6.45, 7) is 1.78. The van der Waals surface area contributed by atoms with Gasteiger partial charge in [0.1, 0.15) is 5.70 Å². The number of carboxylic acids is 1. The van der Waals surface area contributed by atoms with Crippen molar-refractivity contribution in [2.75, 3.05) is 16.4 Å². The molecule has 0 unspecified atom stereocenters. The quantitative estimate of drug-likeness (QED) is 0.114. The number of halogens is 1. The topological polar surface area (TPSA) is 125 Å². The monoisotopic (exact) mass is 643 g/mol. The van der Waals surface area contributed by atoms with Crippen LogP contribution in [0.5, 0.6) is 0 Å². The first-order valence-corrected chi connectivity index (χ1v) is 14.5. The minimum absolute atomic E-state index is 0.0579. The maximum Gasteiger partial charge on any atom is 0.335 e. The SMILES string of the molecule is Cc1ccc(C(=O)O)cc1NC(=O)CSc1cccc(NC(=O)/C(=C\c2ccc(Br)cc2)NC(=O)c2ccccc2)c1. The maximum absolute atomic E-state index is 13.3. The molecule has 42 heavy (non-hydrogen) atoms. The summed E-state index contributed by atoms with van der Waals surface area (Å²) in [6, 6.07) is 27.4. The second kappa shape index (κ2) is 14.3. The Morgan fingerprint density at radius 3 is 2.29 bits per heavy atom. The Morgan fingerprint density at radius 1 is 0.833 bits per heavy atom. The Bertz CT molecular complexity index is 1660. The smallest absolute Gasteiger partial charge is 0.335 e. The summed E-state index contributed by atoms with van der Waals surface area (Å²) in [4.78, 5) is 50.7. The molecule has 4 rings (SSSR count). The number of nitrogens with one attached hydrogen (secondary N) is 3. The van der Waals surface area contributed by atoms with Crippen molar-refractivity contribution in [3.8, 4) is 0 Å². The minimum Gasteiger partial charge on any atom is -0.478 e. The molecule has 212 valence electrons. The molecule has 4 aromatic carbocycles. The predicted octanol–water partition coefficient (Wildman–Crippen LogP) is 6.60. The first-order chi connectivity index (χ1) is 20.2. The summed E-state index contributed by atoms with van der Waals surface area (Å²) >= 11 is 4.65. The van der Waals surface area contributed by atoms with Gasteiger partial charge in [0.05, 0.1) is 11.3 Å². The zero-order chi connectivity index (χ0) is 30.1.